The SMILES string of the molecule is COc1cc(C=NNC(=O)c2cccnc2)ccc1OC(=O)N(C)C. The Morgan fingerprint density at radius 2 is 2.04 bits per heavy atom. The molecule has 0 atom stereocenters. The van der Waals surface area contributed by atoms with Crippen LogP contribution in [0.2, 0.25) is 0 Å². The molecule has 2 amide bonds. The Morgan fingerprint density at radius 3 is 2.68 bits per heavy atom. The van der Waals surface area contributed by atoms with Crippen molar-refractivity contribution in [2.75, 3.05) is 21.2 Å². The van der Waals surface area contributed by atoms with Gasteiger partial charge in [-0.3, -0.25) is 9.78 Å². The summed E-state index contributed by atoms with van der Waals surface area (Å²) in [6, 6.07) is 8.20. The molecule has 2 rings (SSSR count). The molecule has 8 heteroatoms. The number of ether oxygens (including phenoxy) is 2. The molecule has 1 aromatic carbocycles. The number of methoxy groups -OCH3 is 1. The van der Waals surface area contributed by atoms with Crippen LogP contribution in [0.15, 0.2) is 47.8 Å². The minimum absolute atomic E-state index is 0.290. The first-order chi connectivity index (χ1) is 12.0. The van der Waals surface area contributed by atoms with Gasteiger partial charge in [0.05, 0.1) is 18.9 Å². The molecule has 2 aromatic rings. The Balaban J connectivity index is 2.05. The average Bonchev–Trinajstić information content (AvgIpc) is 2.63. The van der Waals surface area contributed by atoms with Crippen molar-refractivity contribution in [3.05, 3.63) is 53.9 Å². The molecule has 1 N–H and O–H groups in total. The molecule has 0 unspecified atom stereocenters. The van der Waals surface area contributed by atoms with Crippen molar-refractivity contribution in [1.82, 2.24) is 15.3 Å². The van der Waals surface area contributed by atoms with Gasteiger partial charge in [-0.15, -0.1) is 0 Å². The van der Waals surface area contributed by atoms with E-state index in [0.717, 1.165) is 0 Å². The minimum atomic E-state index is -0.511. The van der Waals surface area contributed by atoms with Crippen molar-refractivity contribution in [3.63, 3.8) is 0 Å². The lowest BCUT2D eigenvalue weighted by Crippen LogP contribution is -2.25. The van der Waals surface area contributed by atoms with E-state index in [9.17, 15) is 9.59 Å². The molecule has 8 nitrogen and oxygen atoms in total. The quantitative estimate of drug-likeness (QED) is 0.662. The van der Waals surface area contributed by atoms with E-state index in [-0.39, 0.29) is 11.7 Å². The third-order valence-electron chi connectivity index (χ3n) is 3.05. The molecule has 0 aliphatic heterocycles. The van der Waals surface area contributed by atoms with Crippen LogP contribution in [0.25, 0.3) is 0 Å². The van der Waals surface area contributed by atoms with Crippen LogP contribution in [0.5, 0.6) is 11.5 Å². The zero-order chi connectivity index (χ0) is 18.2. The van der Waals surface area contributed by atoms with E-state index in [1.165, 1.54) is 24.4 Å². The zero-order valence-electron chi connectivity index (χ0n) is 14.1. The molecule has 0 fully saturated rings. The van der Waals surface area contributed by atoms with Crippen LogP contribution in [-0.2, 0) is 0 Å². The Morgan fingerprint density at radius 1 is 1.24 bits per heavy atom. The van der Waals surface area contributed by atoms with Gasteiger partial charge in [0, 0.05) is 26.5 Å². The van der Waals surface area contributed by atoms with Gasteiger partial charge in [0.1, 0.15) is 0 Å². The predicted molar refractivity (Wildman–Crippen MR) is 92.0 cm³/mol. The number of hydrogen-bond donors (Lipinski definition) is 1. The molecule has 0 spiro atoms. The topological polar surface area (TPSA) is 93.1 Å². The van der Waals surface area contributed by atoms with Gasteiger partial charge in [-0.1, -0.05) is 0 Å². The predicted octanol–water partition coefficient (Wildman–Crippen LogP) is 1.91. The number of hydrogen-bond acceptors (Lipinski definition) is 6. The van der Waals surface area contributed by atoms with Crippen molar-refractivity contribution in [2.24, 2.45) is 5.10 Å². The summed E-state index contributed by atoms with van der Waals surface area (Å²) in [7, 11) is 4.63. The second-order valence-corrected chi connectivity index (χ2v) is 5.11. The summed E-state index contributed by atoms with van der Waals surface area (Å²) >= 11 is 0. The number of amides is 2. The molecule has 0 aliphatic carbocycles. The number of pyridine rings is 1. The zero-order valence-corrected chi connectivity index (χ0v) is 14.1. The molecule has 0 saturated carbocycles. The normalized spacial score (nSPS) is 10.4. The van der Waals surface area contributed by atoms with E-state index >= 15 is 0 Å². The Bertz CT molecular complexity index is 775. The lowest BCUT2D eigenvalue weighted by Gasteiger charge is -2.13. The molecular formula is C17H18N4O4. The first-order valence-electron chi connectivity index (χ1n) is 7.32. The Hall–Kier alpha value is -3.42. The van der Waals surface area contributed by atoms with Gasteiger partial charge in [-0.2, -0.15) is 5.10 Å². The fourth-order valence-electron chi connectivity index (χ4n) is 1.76. The summed E-state index contributed by atoms with van der Waals surface area (Å²) in [5, 5.41) is 3.89. The first-order valence-corrected chi connectivity index (χ1v) is 7.32. The summed E-state index contributed by atoms with van der Waals surface area (Å²) in [5.41, 5.74) is 3.47. The maximum atomic E-state index is 11.8. The summed E-state index contributed by atoms with van der Waals surface area (Å²) in [4.78, 5) is 28.6. The average molecular weight is 342 g/mol. The summed E-state index contributed by atoms with van der Waals surface area (Å²) < 4.78 is 10.4. The second kappa shape index (κ2) is 8.44. The van der Waals surface area contributed by atoms with Crippen molar-refractivity contribution in [1.29, 1.82) is 0 Å². The van der Waals surface area contributed by atoms with Crippen LogP contribution in [0, 0.1) is 0 Å². The highest BCUT2D eigenvalue weighted by molar-refractivity contribution is 5.94. The Kier molecular flexibility index (Phi) is 6.05. The Labute approximate surface area is 145 Å². The van der Waals surface area contributed by atoms with E-state index in [4.69, 9.17) is 9.47 Å². The van der Waals surface area contributed by atoms with Crippen molar-refractivity contribution < 1.29 is 19.1 Å². The maximum Gasteiger partial charge on any atom is 0.414 e. The number of aromatic nitrogens is 1. The van der Waals surface area contributed by atoms with Gasteiger partial charge < -0.3 is 14.4 Å². The lowest BCUT2D eigenvalue weighted by molar-refractivity contribution is 0.0954. The van der Waals surface area contributed by atoms with E-state index in [0.29, 0.717) is 16.9 Å². The van der Waals surface area contributed by atoms with Gasteiger partial charge >= 0.3 is 6.09 Å². The standard InChI is InChI=1S/C17H18N4O4/c1-21(2)17(23)25-14-7-6-12(9-15(14)24-3)10-19-20-16(22)13-5-4-8-18-11-13/h4-11H,1-3H3,(H,20,22). The highest BCUT2D eigenvalue weighted by Crippen LogP contribution is 2.27. The number of carbonyl (C=O) groups excluding carboxylic acids is 2. The van der Waals surface area contributed by atoms with Gasteiger partial charge in [0.2, 0.25) is 0 Å². The van der Waals surface area contributed by atoms with E-state index in [1.807, 2.05) is 0 Å². The fourth-order valence-corrected chi connectivity index (χ4v) is 1.76. The second-order valence-electron chi connectivity index (χ2n) is 5.11. The molecule has 0 radical (unpaired) electrons. The van der Waals surface area contributed by atoms with Crippen LogP contribution in [-0.4, -0.2) is 49.3 Å². The van der Waals surface area contributed by atoms with Gasteiger partial charge in [-0.05, 0) is 35.9 Å². The van der Waals surface area contributed by atoms with E-state index in [1.54, 1.807) is 50.6 Å². The molecule has 0 bridgehead atoms. The monoisotopic (exact) mass is 342 g/mol. The molecule has 1 aromatic heterocycles. The van der Waals surface area contributed by atoms with Crippen LogP contribution < -0.4 is 14.9 Å². The highest BCUT2D eigenvalue weighted by atomic mass is 16.6. The smallest absolute Gasteiger partial charge is 0.414 e. The minimum Gasteiger partial charge on any atom is -0.493 e. The van der Waals surface area contributed by atoms with Crippen molar-refractivity contribution in [2.45, 2.75) is 0 Å². The van der Waals surface area contributed by atoms with Crippen LogP contribution >= 0.6 is 0 Å². The van der Waals surface area contributed by atoms with E-state index < -0.39 is 6.09 Å². The maximum absolute atomic E-state index is 11.8. The highest BCUT2D eigenvalue weighted by Gasteiger charge is 2.12. The fraction of sp³-hybridized carbons (Fsp3) is 0.176. The molecule has 0 saturated heterocycles. The summed E-state index contributed by atoms with van der Waals surface area (Å²) in [6.07, 6.45) is 3.97. The number of carbonyl (C=O) groups is 2. The number of hydrazone groups is 1. The molecule has 130 valence electrons. The third-order valence-corrected chi connectivity index (χ3v) is 3.05. The van der Waals surface area contributed by atoms with E-state index in [2.05, 4.69) is 15.5 Å². The number of benzene rings is 1. The van der Waals surface area contributed by atoms with Crippen LogP contribution in [0.1, 0.15) is 15.9 Å². The third kappa shape index (κ3) is 5.03. The number of nitrogens with zero attached hydrogens (tertiary/aromatic N) is 3. The van der Waals surface area contributed by atoms with Gasteiger partial charge in [0.15, 0.2) is 11.5 Å². The molecule has 1 heterocycles. The summed E-state index contributed by atoms with van der Waals surface area (Å²) in [5.74, 6) is 0.295. The molecule has 0 aliphatic rings. The number of rotatable bonds is 5. The molecule has 25 heavy (non-hydrogen) atoms. The van der Waals surface area contributed by atoms with Crippen molar-refractivity contribution >= 4 is 18.2 Å². The van der Waals surface area contributed by atoms with Crippen LogP contribution in [0.4, 0.5) is 4.79 Å². The van der Waals surface area contributed by atoms with Crippen LogP contribution in [0.3, 0.4) is 0 Å². The lowest BCUT2D eigenvalue weighted by atomic mass is 10.2. The molecular weight excluding hydrogens is 324 g/mol. The number of nitrogens with one attached hydrogen (secondary N) is 1. The first kappa shape index (κ1) is 17.9. The largest absolute Gasteiger partial charge is 0.493 e. The van der Waals surface area contributed by atoms with Gasteiger partial charge in [0.25, 0.3) is 5.91 Å². The van der Waals surface area contributed by atoms with Gasteiger partial charge in [-0.25, -0.2) is 10.2 Å². The summed E-state index contributed by atoms with van der Waals surface area (Å²) in [6.45, 7) is 0. The van der Waals surface area contributed by atoms with Crippen molar-refractivity contribution in [3.8, 4) is 11.5 Å².